The van der Waals surface area contributed by atoms with Crippen LogP contribution in [0.15, 0.2) is 48.0 Å². The fourth-order valence-corrected chi connectivity index (χ4v) is 4.65. The second-order valence-corrected chi connectivity index (χ2v) is 9.07. The highest BCUT2D eigenvalue weighted by Gasteiger charge is 2.43. The average molecular weight is 495 g/mol. The van der Waals surface area contributed by atoms with E-state index in [0.29, 0.717) is 22.7 Å². The fourth-order valence-electron chi connectivity index (χ4n) is 4.12. The molecule has 11 heteroatoms. The molecule has 1 saturated carbocycles. The summed E-state index contributed by atoms with van der Waals surface area (Å²) < 4.78 is 58.7. The van der Waals surface area contributed by atoms with Gasteiger partial charge in [-0.3, -0.25) is 4.79 Å². The number of thiazole rings is 1. The molecule has 3 aromatic rings. The molecule has 1 aliphatic carbocycles. The highest BCUT2D eigenvalue weighted by atomic mass is 32.1. The number of aliphatic carboxylic acids is 1. The number of alkyl halides is 3. The number of hydrogen-bond acceptors (Lipinski definition) is 6. The van der Waals surface area contributed by atoms with Crippen LogP contribution in [-0.2, 0) is 17.4 Å². The Morgan fingerprint density at radius 1 is 1.21 bits per heavy atom. The monoisotopic (exact) mass is 495 g/mol. The number of nitrogens with zero attached hydrogens (tertiary/aromatic N) is 2. The fraction of sp³-hybridized carbons (Fsp3) is 0.348. The molecule has 6 nitrogen and oxygen atoms in total. The molecule has 1 aromatic carbocycles. The van der Waals surface area contributed by atoms with Gasteiger partial charge in [0.1, 0.15) is 5.82 Å². The highest BCUT2D eigenvalue weighted by Crippen LogP contribution is 2.42. The minimum Gasteiger partial charge on any atom is -0.487 e. The Bertz CT molecular complexity index is 1150. The van der Waals surface area contributed by atoms with E-state index >= 15 is 0 Å². The summed E-state index contributed by atoms with van der Waals surface area (Å²) in [5, 5.41) is 15.5. The first-order chi connectivity index (χ1) is 16.2. The molecule has 0 amide bonds. The van der Waals surface area contributed by atoms with Gasteiger partial charge in [-0.25, -0.2) is 14.4 Å². The van der Waals surface area contributed by atoms with Crippen molar-refractivity contribution >= 4 is 28.3 Å². The Balaban J connectivity index is 1.44. The number of carboxylic acids is 1. The van der Waals surface area contributed by atoms with Gasteiger partial charge in [-0.2, -0.15) is 13.2 Å². The number of rotatable bonds is 7. The smallest absolute Gasteiger partial charge is 0.419 e. The number of pyridine rings is 1. The lowest BCUT2D eigenvalue weighted by Crippen LogP contribution is -2.40. The van der Waals surface area contributed by atoms with Gasteiger partial charge in [0.25, 0.3) is 0 Å². The van der Waals surface area contributed by atoms with Crippen molar-refractivity contribution in [1.29, 1.82) is 0 Å². The third-order valence-corrected chi connectivity index (χ3v) is 6.59. The van der Waals surface area contributed by atoms with Crippen LogP contribution in [0.25, 0.3) is 0 Å². The van der Waals surface area contributed by atoms with Crippen LogP contribution in [0.2, 0.25) is 0 Å². The Hall–Kier alpha value is -3.21. The first-order valence-electron chi connectivity index (χ1n) is 10.5. The molecule has 0 bridgehead atoms. The van der Waals surface area contributed by atoms with Crippen molar-refractivity contribution in [1.82, 2.24) is 9.97 Å². The number of ether oxygens (including phenoxy) is 1. The zero-order valence-corrected chi connectivity index (χ0v) is 18.6. The second-order valence-electron chi connectivity index (χ2n) is 8.17. The van der Waals surface area contributed by atoms with Crippen LogP contribution in [-0.4, -0.2) is 27.1 Å². The van der Waals surface area contributed by atoms with Crippen LogP contribution in [0.3, 0.4) is 0 Å². The van der Waals surface area contributed by atoms with E-state index in [1.54, 1.807) is 24.4 Å². The van der Waals surface area contributed by atoms with E-state index in [1.807, 2.05) is 5.38 Å². The highest BCUT2D eigenvalue weighted by molar-refractivity contribution is 7.13. The summed E-state index contributed by atoms with van der Waals surface area (Å²) in [4.78, 5) is 20.9. The number of aromatic nitrogens is 2. The van der Waals surface area contributed by atoms with Gasteiger partial charge in [0, 0.05) is 23.7 Å². The van der Waals surface area contributed by atoms with Gasteiger partial charge < -0.3 is 15.2 Å². The maximum atomic E-state index is 14.3. The number of nitrogens with one attached hydrogen (secondary N) is 1. The molecule has 1 aliphatic rings. The minimum absolute atomic E-state index is 0.181. The normalized spacial score (nSPS) is 20.6. The maximum absolute atomic E-state index is 14.3. The summed E-state index contributed by atoms with van der Waals surface area (Å²) in [5.41, 5.74) is -1.90. The van der Waals surface area contributed by atoms with E-state index in [-0.39, 0.29) is 32.1 Å². The number of anilines is 2. The average Bonchev–Trinajstić information content (AvgIpc) is 3.29. The number of carbonyl (C=O) groups is 1. The Kier molecular flexibility index (Phi) is 6.74. The van der Waals surface area contributed by atoms with Gasteiger partial charge in [-0.15, -0.1) is 11.3 Å². The van der Waals surface area contributed by atoms with E-state index in [1.165, 1.54) is 11.3 Å². The van der Waals surface area contributed by atoms with E-state index in [2.05, 4.69) is 15.3 Å². The molecule has 0 aliphatic heterocycles. The third kappa shape index (κ3) is 5.30. The molecule has 2 heterocycles. The largest absolute Gasteiger partial charge is 0.487 e. The zero-order chi connectivity index (χ0) is 24.3. The Morgan fingerprint density at radius 2 is 1.94 bits per heavy atom. The van der Waals surface area contributed by atoms with Gasteiger partial charge in [0.05, 0.1) is 17.1 Å². The number of benzene rings is 1. The van der Waals surface area contributed by atoms with Crippen LogP contribution in [0.1, 0.15) is 36.9 Å². The van der Waals surface area contributed by atoms with Crippen LogP contribution in [0.4, 0.5) is 28.5 Å². The van der Waals surface area contributed by atoms with Crippen molar-refractivity contribution in [3.63, 3.8) is 0 Å². The Labute approximate surface area is 196 Å². The minimum atomic E-state index is -4.83. The lowest BCUT2D eigenvalue weighted by Gasteiger charge is -2.36. The zero-order valence-electron chi connectivity index (χ0n) is 17.8. The number of halogens is 4. The van der Waals surface area contributed by atoms with Crippen molar-refractivity contribution < 1.29 is 32.2 Å². The summed E-state index contributed by atoms with van der Waals surface area (Å²) >= 11 is 1.41. The molecule has 0 radical (unpaired) electrons. The van der Waals surface area contributed by atoms with Crippen molar-refractivity contribution in [3.05, 3.63) is 65.0 Å². The molecular formula is C23H21F4N3O3S. The summed E-state index contributed by atoms with van der Waals surface area (Å²) in [7, 11) is 0. The first-order valence-corrected chi connectivity index (χ1v) is 11.4. The van der Waals surface area contributed by atoms with Crippen LogP contribution < -0.4 is 10.1 Å². The standard InChI is InChI=1S/C23H21F4N3O3S/c24-19-16(23(25,26)27)4-2-5-17(19)33-15-7-9-22(10-8-15,20(31)32)13-14-3-1-6-18(29-14)30-21-28-11-12-34-21/h1-6,11-12,15H,7-10,13H2,(H,31,32)(H,28,29,30)/t15-,22-. The quantitative estimate of drug-likeness (QED) is 0.387. The lowest BCUT2D eigenvalue weighted by atomic mass is 9.70. The molecule has 0 saturated heterocycles. The molecule has 34 heavy (non-hydrogen) atoms. The summed E-state index contributed by atoms with van der Waals surface area (Å²) in [6, 6.07) is 8.17. The molecule has 2 N–H and O–H groups in total. The van der Waals surface area contributed by atoms with Gasteiger partial charge in [0.15, 0.2) is 16.7 Å². The Morgan fingerprint density at radius 3 is 2.59 bits per heavy atom. The van der Waals surface area contributed by atoms with Crippen molar-refractivity contribution in [2.24, 2.45) is 5.41 Å². The summed E-state index contributed by atoms with van der Waals surface area (Å²) in [5.74, 6) is -2.37. The molecule has 1 fully saturated rings. The van der Waals surface area contributed by atoms with Crippen molar-refractivity contribution in [2.45, 2.75) is 44.4 Å². The van der Waals surface area contributed by atoms with Gasteiger partial charge in [-0.05, 0) is 49.9 Å². The van der Waals surface area contributed by atoms with E-state index in [4.69, 9.17) is 4.74 Å². The van der Waals surface area contributed by atoms with Gasteiger partial charge in [0.2, 0.25) is 0 Å². The second kappa shape index (κ2) is 9.57. The predicted molar refractivity (Wildman–Crippen MR) is 118 cm³/mol. The molecule has 2 aromatic heterocycles. The van der Waals surface area contributed by atoms with E-state index in [9.17, 15) is 27.5 Å². The van der Waals surface area contributed by atoms with E-state index < -0.39 is 40.8 Å². The lowest BCUT2D eigenvalue weighted by molar-refractivity contribution is -0.152. The SMILES string of the molecule is O=C(O)[C@]1(Cc2cccc(Nc3nccs3)n2)CC[C@@H](Oc2cccc(C(F)(F)F)c2F)CC1. The predicted octanol–water partition coefficient (Wildman–Crippen LogP) is 6.07. The summed E-state index contributed by atoms with van der Waals surface area (Å²) in [6.45, 7) is 0. The first kappa shape index (κ1) is 23.9. The number of carboxylic acid groups (broad SMARTS) is 1. The molecule has 4 rings (SSSR count). The van der Waals surface area contributed by atoms with Crippen molar-refractivity contribution in [2.75, 3.05) is 5.32 Å². The molecular weight excluding hydrogens is 474 g/mol. The maximum Gasteiger partial charge on any atom is 0.419 e. The third-order valence-electron chi connectivity index (χ3n) is 5.90. The van der Waals surface area contributed by atoms with Crippen molar-refractivity contribution in [3.8, 4) is 5.75 Å². The molecule has 0 unspecified atom stereocenters. The topological polar surface area (TPSA) is 84.3 Å². The van der Waals surface area contributed by atoms with E-state index in [0.717, 1.165) is 12.1 Å². The summed E-state index contributed by atoms with van der Waals surface area (Å²) in [6.07, 6.45) is -2.61. The number of hydrogen-bond donors (Lipinski definition) is 2. The van der Waals surface area contributed by atoms with Crippen LogP contribution >= 0.6 is 11.3 Å². The molecule has 180 valence electrons. The van der Waals surface area contributed by atoms with Gasteiger partial charge >= 0.3 is 12.1 Å². The van der Waals surface area contributed by atoms with Crippen LogP contribution in [0.5, 0.6) is 5.75 Å². The molecule has 0 atom stereocenters. The van der Waals surface area contributed by atoms with Crippen LogP contribution in [0, 0.1) is 11.2 Å². The molecule has 0 spiro atoms. The van der Waals surface area contributed by atoms with Gasteiger partial charge in [-0.1, -0.05) is 12.1 Å².